The van der Waals surface area contributed by atoms with Crippen LogP contribution in [-0.2, 0) is 6.18 Å². The van der Waals surface area contributed by atoms with Crippen LogP contribution in [0.25, 0.3) is 11.1 Å². The van der Waals surface area contributed by atoms with Gasteiger partial charge in [-0.15, -0.1) is 0 Å². The highest BCUT2D eigenvalue weighted by molar-refractivity contribution is 5.93. The third kappa shape index (κ3) is 2.82. The second-order valence-corrected chi connectivity index (χ2v) is 4.49. The molecule has 0 aliphatic carbocycles. The molecule has 0 aromatic heterocycles. The van der Waals surface area contributed by atoms with Gasteiger partial charge in [-0.05, 0) is 36.2 Å². The maximum Gasteiger partial charge on any atom is 0.417 e. The van der Waals surface area contributed by atoms with E-state index in [0.29, 0.717) is 11.1 Å². The molecule has 2 aromatic rings. The third-order valence-corrected chi connectivity index (χ3v) is 2.96. The van der Waals surface area contributed by atoms with Crippen molar-refractivity contribution < 1.29 is 18.0 Å². The first-order valence-corrected chi connectivity index (χ1v) is 5.87. The van der Waals surface area contributed by atoms with Gasteiger partial charge in [-0.2, -0.15) is 13.2 Å². The summed E-state index contributed by atoms with van der Waals surface area (Å²) >= 11 is 0. The average Bonchev–Trinajstić information content (AvgIpc) is 2.38. The summed E-state index contributed by atoms with van der Waals surface area (Å²) in [7, 11) is 0. The van der Waals surface area contributed by atoms with Crippen LogP contribution in [0.5, 0.6) is 0 Å². The molecule has 2 nitrogen and oxygen atoms in total. The smallest absolute Gasteiger partial charge is 0.366 e. The number of nitrogens with two attached hydrogens (primary N) is 1. The molecular formula is C15H12F3NO. The number of primary amides is 1. The van der Waals surface area contributed by atoms with Crippen LogP contribution in [0.15, 0.2) is 42.5 Å². The number of alkyl halides is 3. The molecule has 1 amide bonds. The van der Waals surface area contributed by atoms with Crippen LogP contribution in [0.1, 0.15) is 21.5 Å². The molecule has 0 bridgehead atoms. The third-order valence-electron chi connectivity index (χ3n) is 2.96. The Morgan fingerprint density at radius 1 is 1.05 bits per heavy atom. The summed E-state index contributed by atoms with van der Waals surface area (Å²) in [6.45, 7) is 1.61. The number of amides is 1. The van der Waals surface area contributed by atoms with E-state index in [0.717, 1.165) is 6.07 Å². The minimum atomic E-state index is -4.43. The van der Waals surface area contributed by atoms with Crippen molar-refractivity contribution in [3.05, 3.63) is 59.2 Å². The normalized spacial score (nSPS) is 11.4. The fraction of sp³-hybridized carbons (Fsp3) is 0.133. The Balaban J connectivity index is 2.55. The van der Waals surface area contributed by atoms with E-state index < -0.39 is 17.6 Å². The zero-order chi connectivity index (χ0) is 14.9. The van der Waals surface area contributed by atoms with Crippen LogP contribution >= 0.6 is 0 Å². The molecule has 0 spiro atoms. The number of hydrogen-bond acceptors (Lipinski definition) is 1. The van der Waals surface area contributed by atoms with Gasteiger partial charge in [0.2, 0.25) is 5.91 Å². The van der Waals surface area contributed by atoms with Crippen LogP contribution in [0.3, 0.4) is 0 Å². The minimum absolute atomic E-state index is 0.0825. The highest BCUT2D eigenvalue weighted by Gasteiger charge is 2.33. The van der Waals surface area contributed by atoms with Gasteiger partial charge < -0.3 is 5.73 Å². The first-order valence-electron chi connectivity index (χ1n) is 5.87. The van der Waals surface area contributed by atoms with E-state index in [2.05, 4.69) is 0 Å². The molecule has 2 rings (SSSR count). The second-order valence-electron chi connectivity index (χ2n) is 4.49. The molecule has 5 heteroatoms. The SMILES string of the molecule is Cc1ccc(-c2ccc(C(N)=O)cc2)c(C(F)(F)F)c1. The Morgan fingerprint density at radius 2 is 1.65 bits per heavy atom. The predicted octanol–water partition coefficient (Wildman–Crippen LogP) is 3.78. The van der Waals surface area contributed by atoms with Gasteiger partial charge in [0.15, 0.2) is 0 Å². The molecule has 0 aliphatic rings. The molecule has 0 saturated heterocycles. The van der Waals surface area contributed by atoms with E-state index in [-0.39, 0.29) is 11.1 Å². The van der Waals surface area contributed by atoms with E-state index in [1.807, 2.05) is 0 Å². The van der Waals surface area contributed by atoms with Crippen LogP contribution in [0.4, 0.5) is 13.2 Å². The van der Waals surface area contributed by atoms with Crippen LogP contribution in [0, 0.1) is 6.92 Å². The molecular weight excluding hydrogens is 267 g/mol. The zero-order valence-corrected chi connectivity index (χ0v) is 10.7. The van der Waals surface area contributed by atoms with Gasteiger partial charge in [0.25, 0.3) is 0 Å². The first-order chi connectivity index (χ1) is 9.29. The largest absolute Gasteiger partial charge is 0.417 e. The van der Waals surface area contributed by atoms with E-state index >= 15 is 0 Å². The van der Waals surface area contributed by atoms with Crippen molar-refractivity contribution in [1.82, 2.24) is 0 Å². The van der Waals surface area contributed by atoms with Gasteiger partial charge in [-0.1, -0.05) is 29.8 Å². The van der Waals surface area contributed by atoms with Gasteiger partial charge in [-0.25, -0.2) is 0 Å². The van der Waals surface area contributed by atoms with Gasteiger partial charge in [0, 0.05) is 5.56 Å². The summed E-state index contributed by atoms with van der Waals surface area (Å²) in [5.41, 5.74) is 5.68. The molecule has 0 unspecified atom stereocenters. The number of hydrogen-bond donors (Lipinski definition) is 1. The molecule has 0 atom stereocenters. The topological polar surface area (TPSA) is 43.1 Å². The van der Waals surface area contributed by atoms with Gasteiger partial charge >= 0.3 is 6.18 Å². The Labute approximate surface area is 114 Å². The van der Waals surface area contributed by atoms with Gasteiger partial charge in [0.05, 0.1) is 5.56 Å². The maximum atomic E-state index is 13.0. The highest BCUT2D eigenvalue weighted by atomic mass is 19.4. The maximum absolute atomic E-state index is 13.0. The number of aryl methyl sites for hydroxylation is 1. The fourth-order valence-corrected chi connectivity index (χ4v) is 1.96. The number of rotatable bonds is 2. The number of carbonyl (C=O) groups excluding carboxylic acids is 1. The standard InChI is InChI=1S/C15H12F3NO/c1-9-2-7-12(13(8-9)15(16,17)18)10-3-5-11(6-4-10)14(19)20/h2-8H,1H3,(H2,19,20). The zero-order valence-electron chi connectivity index (χ0n) is 10.7. The lowest BCUT2D eigenvalue weighted by Crippen LogP contribution is -2.10. The van der Waals surface area contributed by atoms with E-state index in [4.69, 9.17) is 5.73 Å². The van der Waals surface area contributed by atoms with Crippen LogP contribution < -0.4 is 5.73 Å². The molecule has 2 aromatic carbocycles. The molecule has 0 fully saturated rings. The molecule has 104 valence electrons. The Morgan fingerprint density at radius 3 is 2.15 bits per heavy atom. The lowest BCUT2D eigenvalue weighted by molar-refractivity contribution is -0.137. The van der Waals surface area contributed by atoms with Crippen molar-refractivity contribution >= 4 is 5.91 Å². The Kier molecular flexibility index (Phi) is 3.53. The summed E-state index contributed by atoms with van der Waals surface area (Å²) < 4.78 is 39.1. The van der Waals surface area contributed by atoms with E-state index in [9.17, 15) is 18.0 Å². The summed E-state index contributed by atoms with van der Waals surface area (Å²) in [6.07, 6.45) is -4.43. The second kappa shape index (κ2) is 5.00. The summed E-state index contributed by atoms with van der Waals surface area (Å²) in [5.74, 6) is -0.614. The molecule has 0 saturated carbocycles. The fourth-order valence-electron chi connectivity index (χ4n) is 1.96. The first kappa shape index (κ1) is 14.1. The highest BCUT2D eigenvalue weighted by Crippen LogP contribution is 2.37. The van der Waals surface area contributed by atoms with Crippen molar-refractivity contribution in [3.63, 3.8) is 0 Å². The molecule has 0 heterocycles. The van der Waals surface area contributed by atoms with Crippen molar-refractivity contribution in [3.8, 4) is 11.1 Å². The summed E-state index contributed by atoms with van der Waals surface area (Å²) in [5, 5.41) is 0. The van der Waals surface area contributed by atoms with Crippen molar-refractivity contribution in [1.29, 1.82) is 0 Å². The van der Waals surface area contributed by atoms with Crippen molar-refractivity contribution in [2.45, 2.75) is 13.1 Å². The minimum Gasteiger partial charge on any atom is -0.366 e. The summed E-state index contributed by atoms with van der Waals surface area (Å²) in [6, 6.07) is 9.90. The van der Waals surface area contributed by atoms with Crippen LogP contribution in [-0.4, -0.2) is 5.91 Å². The monoisotopic (exact) mass is 279 g/mol. The number of benzene rings is 2. The van der Waals surface area contributed by atoms with Crippen molar-refractivity contribution in [2.75, 3.05) is 0 Å². The number of carbonyl (C=O) groups is 1. The van der Waals surface area contributed by atoms with Gasteiger partial charge in [0.1, 0.15) is 0 Å². The Hall–Kier alpha value is -2.30. The number of halogens is 3. The molecule has 0 aliphatic heterocycles. The lowest BCUT2D eigenvalue weighted by atomic mass is 9.96. The average molecular weight is 279 g/mol. The lowest BCUT2D eigenvalue weighted by Gasteiger charge is -2.14. The quantitative estimate of drug-likeness (QED) is 0.893. The molecule has 2 N–H and O–H groups in total. The van der Waals surface area contributed by atoms with E-state index in [1.165, 1.54) is 30.3 Å². The van der Waals surface area contributed by atoms with E-state index in [1.54, 1.807) is 13.0 Å². The Bertz CT molecular complexity index is 645. The van der Waals surface area contributed by atoms with Crippen LogP contribution in [0.2, 0.25) is 0 Å². The summed E-state index contributed by atoms with van der Waals surface area (Å²) in [4.78, 5) is 11.0. The van der Waals surface area contributed by atoms with Gasteiger partial charge in [-0.3, -0.25) is 4.79 Å². The molecule has 20 heavy (non-hydrogen) atoms. The van der Waals surface area contributed by atoms with Crippen molar-refractivity contribution in [2.24, 2.45) is 5.73 Å². The predicted molar refractivity (Wildman–Crippen MR) is 70.1 cm³/mol. The molecule has 0 radical (unpaired) electrons.